The summed E-state index contributed by atoms with van der Waals surface area (Å²) in [5, 5.41) is 30.1. The topological polar surface area (TPSA) is 77.8 Å². The van der Waals surface area contributed by atoms with Crippen LogP contribution in [0.15, 0.2) is 12.2 Å². The van der Waals surface area contributed by atoms with Gasteiger partial charge in [-0.15, -0.1) is 0 Å². The highest BCUT2D eigenvalue weighted by Crippen LogP contribution is 2.56. The molecule has 4 heteroatoms. The van der Waals surface area contributed by atoms with E-state index in [2.05, 4.69) is 6.58 Å². The highest BCUT2D eigenvalue weighted by molar-refractivity contribution is 5.86. The van der Waals surface area contributed by atoms with E-state index in [4.69, 9.17) is 5.11 Å². The van der Waals surface area contributed by atoms with Gasteiger partial charge in [0.2, 0.25) is 0 Å². The highest BCUT2D eigenvalue weighted by Gasteiger charge is 2.55. The first-order chi connectivity index (χ1) is 8.68. The number of aliphatic carboxylic acids is 1. The van der Waals surface area contributed by atoms with E-state index in [0.717, 1.165) is 12.8 Å². The molecule has 0 aliphatic heterocycles. The number of carboxylic acid groups (broad SMARTS) is 1. The van der Waals surface area contributed by atoms with E-state index in [1.165, 1.54) is 0 Å². The molecule has 0 amide bonds. The van der Waals surface area contributed by atoms with Crippen molar-refractivity contribution in [3.05, 3.63) is 12.2 Å². The first-order valence-electron chi connectivity index (χ1n) is 7.01. The Morgan fingerprint density at radius 1 is 1.26 bits per heavy atom. The van der Waals surface area contributed by atoms with Crippen molar-refractivity contribution in [2.75, 3.05) is 0 Å². The van der Waals surface area contributed by atoms with Gasteiger partial charge in [-0.1, -0.05) is 13.5 Å². The van der Waals surface area contributed by atoms with Gasteiger partial charge in [0.15, 0.2) is 0 Å². The number of hydrogen-bond acceptors (Lipinski definition) is 3. The third kappa shape index (κ3) is 2.32. The number of fused-ring (bicyclic) bond motifs is 1. The number of aliphatic hydroxyl groups is 2. The summed E-state index contributed by atoms with van der Waals surface area (Å²) in [6.45, 7) is 7.46. The fourth-order valence-electron chi connectivity index (χ4n) is 4.19. The first kappa shape index (κ1) is 14.5. The molecule has 5 atom stereocenters. The molecule has 0 aromatic rings. The number of rotatable bonds is 2. The number of carboxylic acids is 1. The van der Waals surface area contributed by atoms with Gasteiger partial charge in [0.25, 0.3) is 0 Å². The van der Waals surface area contributed by atoms with Crippen LogP contribution in [0, 0.1) is 17.3 Å². The van der Waals surface area contributed by atoms with Crippen molar-refractivity contribution in [1.82, 2.24) is 0 Å². The minimum absolute atomic E-state index is 0.0707. The zero-order valence-corrected chi connectivity index (χ0v) is 11.7. The van der Waals surface area contributed by atoms with Crippen LogP contribution < -0.4 is 0 Å². The van der Waals surface area contributed by atoms with E-state index >= 15 is 0 Å². The van der Waals surface area contributed by atoms with E-state index in [1.807, 2.05) is 13.8 Å². The van der Waals surface area contributed by atoms with Crippen molar-refractivity contribution in [3.63, 3.8) is 0 Å². The average molecular weight is 268 g/mol. The van der Waals surface area contributed by atoms with Gasteiger partial charge in [0.05, 0.1) is 11.7 Å². The molecule has 2 rings (SSSR count). The Bertz CT molecular complexity index is 401. The van der Waals surface area contributed by atoms with E-state index < -0.39 is 17.7 Å². The van der Waals surface area contributed by atoms with Crippen LogP contribution in [0.2, 0.25) is 0 Å². The summed E-state index contributed by atoms with van der Waals surface area (Å²) in [5.74, 6) is -1.31. The maximum Gasteiger partial charge on any atom is 0.331 e. The average Bonchev–Trinajstić information content (AvgIpc) is 2.29. The molecule has 2 saturated carbocycles. The fourth-order valence-corrected chi connectivity index (χ4v) is 4.19. The van der Waals surface area contributed by atoms with Crippen molar-refractivity contribution in [1.29, 1.82) is 0 Å². The molecule has 0 heterocycles. The van der Waals surface area contributed by atoms with Gasteiger partial charge in [-0.2, -0.15) is 0 Å². The quantitative estimate of drug-likeness (QED) is 0.669. The lowest BCUT2D eigenvalue weighted by atomic mass is 9.52. The maximum atomic E-state index is 11.1. The van der Waals surface area contributed by atoms with Gasteiger partial charge < -0.3 is 15.3 Å². The van der Waals surface area contributed by atoms with Gasteiger partial charge in [0, 0.05) is 5.57 Å². The first-order valence-corrected chi connectivity index (χ1v) is 7.01. The predicted octanol–water partition coefficient (Wildman–Crippen LogP) is 1.96. The minimum Gasteiger partial charge on any atom is -0.478 e. The van der Waals surface area contributed by atoms with Gasteiger partial charge in [0.1, 0.15) is 0 Å². The summed E-state index contributed by atoms with van der Waals surface area (Å²) in [6.07, 6.45) is 2.98. The lowest BCUT2D eigenvalue weighted by Crippen LogP contribution is -2.57. The molecule has 0 radical (unpaired) electrons. The molecule has 4 nitrogen and oxygen atoms in total. The van der Waals surface area contributed by atoms with Crippen LogP contribution in [-0.2, 0) is 4.79 Å². The molecule has 0 aromatic carbocycles. The largest absolute Gasteiger partial charge is 0.478 e. The molecular weight excluding hydrogens is 244 g/mol. The molecule has 0 aromatic heterocycles. The Kier molecular flexibility index (Phi) is 3.52. The molecule has 0 spiro atoms. The van der Waals surface area contributed by atoms with Crippen LogP contribution in [0.1, 0.15) is 46.0 Å². The van der Waals surface area contributed by atoms with Crippen molar-refractivity contribution in [2.45, 2.75) is 57.7 Å². The second-order valence-corrected chi connectivity index (χ2v) is 6.78. The van der Waals surface area contributed by atoms with E-state index in [9.17, 15) is 15.0 Å². The third-order valence-corrected chi connectivity index (χ3v) is 5.50. The smallest absolute Gasteiger partial charge is 0.331 e. The Morgan fingerprint density at radius 3 is 2.47 bits per heavy atom. The third-order valence-electron chi connectivity index (χ3n) is 5.50. The summed E-state index contributed by atoms with van der Waals surface area (Å²) in [5.41, 5.74) is -0.981. The molecule has 0 unspecified atom stereocenters. The second kappa shape index (κ2) is 4.60. The Balaban J connectivity index is 2.28. The van der Waals surface area contributed by atoms with E-state index in [-0.39, 0.29) is 22.8 Å². The SMILES string of the molecule is C=C(C(=O)O)[C@H]1C[C@@H]2[C@](C)(CCC[C@@]2(C)O)[C@@H](O)C1. The normalized spacial score (nSPS) is 46.4. The Labute approximate surface area is 114 Å². The second-order valence-electron chi connectivity index (χ2n) is 6.78. The summed E-state index contributed by atoms with van der Waals surface area (Å²) in [7, 11) is 0. The molecule has 19 heavy (non-hydrogen) atoms. The van der Waals surface area contributed by atoms with Crippen LogP contribution in [-0.4, -0.2) is 33.0 Å². The van der Waals surface area contributed by atoms with Crippen LogP contribution in [0.25, 0.3) is 0 Å². The summed E-state index contributed by atoms with van der Waals surface area (Å²) in [4.78, 5) is 11.1. The van der Waals surface area contributed by atoms with Crippen LogP contribution in [0.3, 0.4) is 0 Å². The summed E-state index contributed by atoms with van der Waals surface area (Å²) >= 11 is 0. The molecule has 2 fully saturated rings. The molecular formula is C15H24O4. The maximum absolute atomic E-state index is 11.1. The lowest BCUT2D eigenvalue weighted by Gasteiger charge is -2.56. The Morgan fingerprint density at radius 2 is 1.89 bits per heavy atom. The van der Waals surface area contributed by atoms with Crippen molar-refractivity contribution >= 4 is 5.97 Å². The Hall–Kier alpha value is -0.870. The zero-order chi connectivity index (χ0) is 14.4. The monoisotopic (exact) mass is 268 g/mol. The van der Waals surface area contributed by atoms with Gasteiger partial charge in [-0.05, 0) is 56.3 Å². The molecule has 0 bridgehead atoms. The van der Waals surface area contributed by atoms with E-state index in [0.29, 0.717) is 19.3 Å². The molecule has 2 aliphatic carbocycles. The molecule has 2 aliphatic rings. The lowest BCUT2D eigenvalue weighted by molar-refractivity contribution is -0.168. The van der Waals surface area contributed by atoms with Crippen molar-refractivity contribution < 1.29 is 20.1 Å². The van der Waals surface area contributed by atoms with Crippen LogP contribution >= 0.6 is 0 Å². The highest BCUT2D eigenvalue weighted by atomic mass is 16.4. The number of carbonyl (C=O) groups is 1. The molecule has 3 N–H and O–H groups in total. The van der Waals surface area contributed by atoms with Crippen molar-refractivity contribution in [3.8, 4) is 0 Å². The zero-order valence-electron chi connectivity index (χ0n) is 11.7. The van der Waals surface area contributed by atoms with E-state index in [1.54, 1.807) is 0 Å². The molecule has 108 valence electrons. The fraction of sp³-hybridized carbons (Fsp3) is 0.800. The van der Waals surface area contributed by atoms with Crippen molar-refractivity contribution in [2.24, 2.45) is 17.3 Å². The summed E-state index contributed by atoms with van der Waals surface area (Å²) in [6, 6.07) is 0. The van der Waals surface area contributed by atoms with Crippen LogP contribution in [0.4, 0.5) is 0 Å². The predicted molar refractivity (Wildman–Crippen MR) is 71.6 cm³/mol. The standard InChI is InChI=1S/C15H24O4/c1-9(13(17)18)10-7-11-14(2,12(16)8-10)5-4-6-15(11,3)19/h10-12,16,19H,1,4-8H2,2-3H3,(H,17,18)/t10-,11+,12-,14-,15+/m0/s1. The summed E-state index contributed by atoms with van der Waals surface area (Å²) < 4.78 is 0. The van der Waals surface area contributed by atoms with Gasteiger partial charge in [-0.3, -0.25) is 0 Å². The van der Waals surface area contributed by atoms with Crippen LogP contribution in [0.5, 0.6) is 0 Å². The van der Waals surface area contributed by atoms with Gasteiger partial charge >= 0.3 is 5.97 Å². The number of hydrogen-bond donors (Lipinski definition) is 3. The minimum atomic E-state index is -1.00. The number of aliphatic hydroxyl groups excluding tert-OH is 1. The molecule has 0 saturated heterocycles. The van der Waals surface area contributed by atoms with Gasteiger partial charge in [-0.25, -0.2) is 4.79 Å².